The lowest BCUT2D eigenvalue weighted by molar-refractivity contribution is -0.123. The first-order valence-electron chi connectivity index (χ1n) is 8.08. The van der Waals surface area contributed by atoms with Crippen LogP contribution >= 0.6 is 11.6 Å². The average molecular weight is 366 g/mol. The van der Waals surface area contributed by atoms with Crippen molar-refractivity contribution in [2.24, 2.45) is 5.92 Å². The minimum absolute atomic E-state index is 0.110. The summed E-state index contributed by atoms with van der Waals surface area (Å²) in [6.07, 6.45) is 5.01. The van der Waals surface area contributed by atoms with Crippen molar-refractivity contribution < 1.29 is 14.6 Å². The number of aliphatic hydroxyl groups is 1. The number of aromatic amines is 1. The van der Waals surface area contributed by atoms with E-state index in [1.54, 1.807) is 19.5 Å². The third kappa shape index (κ3) is 4.46. The molecule has 0 aliphatic heterocycles. The molecule has 0 unspecified atom stereocenters. The molecule has 3 rings (SSSR count). The Balaban J connectivity index is 1.65. The van der Waals surface area contributed by atoms with E-state index in [1.807, 2.05) is 6.07 Å². The smallest absolute Gasteiger partial charge is 0.242 e. The highest BCUT2D eigenvalue weighted by Gasteiger charge is 2.36. The van der Waals surface area contributed by atoms with Gasteiger partial charge in [-0.15, -0.1) is 5.10 Å². The number of ether oxygens (including phenoxy) is 1. The first-order chi connectivity index (χ1) is 12.0. The Kier molecular flexibility index (Phi) is 5.50. The molecule has 25 heavy (non-hydrogen) atoms. The van der Waals surface area contributed by atoms with Crippen LogP contribution in [0.5, 0.6) is 5.75 Å². The molecule has 1 fully saturated rings. The van der Waals surface area contributed by atoms with Crippen LogP contribution in [-0.4, -0.2) is 44.4 Å². The molecule has 2 aromatic heterocycles. The Hall–Kier alpha value is -2.19. The second kappa shape index (κ2) is 7.79. The van der Waals surface area contributed by atoms with Crippen LogP contribution in [0.3, 0.4) is 0 Å². The van der Waals surface area contributed by atoms with Gasteiger partial charge in [-0.3, -0.25) is 14.9 Å². The molecule has 134 valence electrons. The Morgan fingerprint density at radius 2 is 2.32 bits per heavy atom. The zero-order valence-electron chi connectivity index (χ0n) is 13.8. The van der Waals surface area contributed by atoms with E-state index in [4.69, 9.17) is 16.3 Å². The van der Waals surface area contributed by atoms with Gasteiger partial charge >= 0.3 is 0 Å². The molecule has 2 heterocycles. The largest absolute Gasteiger partial charge is 0.495 e. The molecule has 1 aliphatic rings. The van der Waals surface area contributed by atoms with Crippen molar-refractivity contribution in [3.8, 4) is 5.75 Å². The Labute approximate surface area is 150 Å². The van der Waals surface area contributed by atoms with Crippen molar-refractivity contribution in [2.45, 2.75) is 37.8 Å². The molecule has 1 atom stereocenters. The predicted octanol–water partition coefficient (Wildman–Crippen LogP) is 1.42. The van der Waals surface area contributed by atoms with E-state index >= 15 is 0 Å². The lowest BCUT2D eigenvalue weighted by Gasteiger charge is -2.38. The zero-order chi connectivity index (χ0) is 17.8. The van der Waals surface area contributed by atoms with Crippen molar-refractivity contribution >= 4 is 17.5 Å². The summed E-state index contributed by atoms with van der Waals surface area (Å²) in [4.78, 5) is 20.5. The van der Waals surface area contributed by atoms with Gasteiger partial charge in [-0.25, -0.2) is 4.98 Å². The van der Waals surface area contributed by atoms with Gasteiger partial charge in [0.05, 0.1) is 25.5 Å². The maximum atomic E-state index is 12.4. The van der Waals surface area contributed by atoms with Crippen molar-refractivity contribution in [3.05, 3.63) is 35.1 Å². The van der Waals surface area contributed by atoms with Gasteiger partial charge in [-0.1, -0.05) is 0 Å². The number of pyridine rings is 1. The molecule has 1 amide bonds. The number of carbonyl (C=O) groups excluding carboxylic acids is 1. The van der Waals surface area contributed by atoms with Crippen LogP contribution in [0, 0.1) is 5.92 Å². The van der Waals surface area contributed by atoms with Crippen LogP contribution in [-0.2, 0) is 11.2 Å². The lowest BCUT2D eigenvalue weighted by atomic mass is 9.75. The fourth-order valence-corrected chi connectivity index (χ4v) is 3.10. The van der Waals surface area contributed by atoms with E-state index in [-0.39, 0.29) is 35.7 Å². The summed E-state index contributed by atoms with van der Waals surface area (Å²) in [5.41, 5.74) is 0.868. The number of hydrogen-bond donors (Lipinski definition) is 3. The van der Waals surface area contributed by atoms with E-state index in [1.165, 1.54) is 0 Å². The molecule has 1 saturated carbocycles. The number of nitrogens with one attached hydrogen (secondary N) is 2. The highest BCUT2D eigenvalue weighted by atomic mass is 35.5. The second-order valence-electron chi connectivity index (χ2n) is 6.14. The Bertz CT molecular complexity index is 732. The summed E-state index contributed by atoms with van der Waals surface area (Å²) >= 11 is 5.65. The SMILES string of the molecule is COc1cncc([C@H](NC(=O)CCc2nc(Cl)n[nH]2)C2CC(O)C2)c1. The maximum absolute atomic E-state index is 12.4. The molecule has 9 heteroatoms. The third-order valence-electron chi connectivity index (χ3n) is 4.36. The van der Waals surface area contributed by atoms with Crippen molar-refractivity contribution in [1.29, 1.82) is 0 Å². The number of hydrogen-bond acceptors (Lipinski definition) is 6. The van der Waals surface area contributed by atoms with Crippen LogP contribution in [0.1, 0.15) is 36.7 Å². The lowest BCUT2D eigenvalue weighted by Crippen LogP contribution is -2.41. The average Bonchev–Trinajstić information content (AvgIpc) is 3.01. The van der Waals surface area contributed by atoms with Gasteiger partial charge in [-0.05, 0) is 42.0 Å². The number of H-pyrrole nitrogens is 1. The zero-order valence-corrected chi connectivity index (χ0v) is 14.5. The van der Waals surface area contributed by atoms with E-state index < -0.39 is 0 Å². The molecular formula is C16H20ClN5O3. The first kappa shape index (κ1) is 17.6. The second-order valence-corrected chi connectivity index (χ2v) is 6.48. The van der Waals surface area contributed by atoms with Gasteiger partial charge in [0.1, 0.15) is 11.6 Å². The number of rotatable bonds is 7. The van der Waals surface area contributed by atoms with Gasteiger partial charge in [0, 0.05) is 19.0 Å². The number of halogens is 1. The summed E-state index contributed by atoms with van der Waals surface area (Å²) in [5.74, 6) is 1.26. The fraction of sp³-hybridized carbons (Fsp3) is 0.500. The number of carbonyl (C=O) groups is 1. The summed E-state index contributed by atoms with van der Waals surface area (Å²) in [6, 6.07) is 1.65. The number of nitrogens with zero attached hydrogens (tertiary/aromatic N) is 3. The van der Waals surface area contributed by atoms with Gasteiger partial charge in [-0.2, -0.15) is 0 Å². The van der Waals surface area contributed by atoms with E-state index in [0.717, 1.165) is 5.56 Å². The summed E-state index contributed by atoms with van der Waals surface area (Å²) in [7, 11) is 1.57. The highest BCUT2D eigenvalue weighted by molar-refractivity contribution is 6.28. The van der Waals surface area contributed by atoms with Gasteiger partial charge in [0.2, 0.25) is 11.2 Å². The normalized spacial score (nSPS) is 20.6. The maximum Gasteiger partial charge on any atom is 0.242 e. The fourth-order valence-electron chi connectivity index (χ4n) is 2.95. The van der Waals surface area contributed by atoms with Crippen LogP contribution in [0.25, 0.3) is 0 Å². The molecule has 0 bridgehead atoms. The van der Waals surface area contributed by atoms with Gasteiger partial charge in [0.15, 0.2) is 0 Å². The van der Waals surface area contributed by atoms with E-state index in [9.17, 15) is 9.90 Å². The van der Waals surface area contributed by atoms with E-state index in [0.29, 0.717) is 30.8 Å². The highest BCUT2D eigenvalue weighted by Crippen LogP contribution is 2.38. The molecule has 0 spiro atoms. The third-order valence-corrected chi connectivity index (χ3v) is 4.53. The molecule has 0 aromatic carbocycles. The number of aliphatic hydroxyl groups excluding tert-OH is 1. The van der Waals surface area contributed by atoms with Gasteiger partial charge in [0.25, 0.3) is 0 Å². The number of methoxy groups -OCH3 is 1. The number of amides is 1. The summed E-state index contributed by atoms with van der Waals surface area (Å²) < 4.78 is 5.21. The van der Waals surface area contributed by atoms with Crippen LogP contribution in [0.15, 0.2) is 18.5 Å². The van der Waals surface area contributed by atoms with Crippen molar-refractivity contribution in [3.63, 3.8) is 0 Å². The minimum Gasteiger partial charge on any atom is -0.495 e. The topological polar surface area (TPSA) is 113 Å². The van der Waals surface area contributed by atoms with Crippen LogP contribution in [0.4, 0.5) is 0 Å². The molecular weight excluding hydrogens is 346 g/mol. The molecule has 1 aliphatic carbocycles. The summed E-state index contributed by atoms with van der Waals surface area (Å²) in [5, 5.41) is 19.2. The quantitative estimate of drug-likeness (QED) is 0.684. The van der Waals surface area contributed by atoms with Crippen LogP contribution in [0.2, 0.25) is 5.28 Å². The summed E-state index contributed by atoms with van der Waals surface area (Å²) in [6.45, 7) is 0. The van der Waals surface area contributed by atoms with Crippen molar-refractivity contribution in [2.75, 3.05) is 7.11 Å². The predicted molar refractivity (Wildman–Crippen MR) is 90.1 cm³/mol. The van der Waals surface area contributed by atoms with Gasteiger partial charge < -0.3 is 15.2 Å². The number of aromatic nitrogens is 4. The molecule has 3 N–H and O–H groups in total. The number of aryl methyl sites for hydroxylation is 1. The standard InChI is InChI=1S/C16H20ClN5O3/c1-25-12-6-10(7-18-8-12)15(9-4-11(23)5-9)20-14(24)3-2-13-19-16(17)22-21-13/h6-9,11,15,23H,2-5H2,1H3,(H,20,24)(H,19,21,22)/t9?,11?,15-/m1/s1. The molecule has 2 aromatic rings. The molecule has 0 saturated heterocycles. The molecule has 0 radical (unpaired) electrons. The van der Waals surface area contributed by atoms with Crippen LogP contribution < -0.4 is 10.1 Å². The Morgan fingerprint density at radius 3 is 2.96 bits per heavy atom. The minimum atomic E-state index is -0.306. The first-order valence-corrected chi connectivity index (χ1v) is 8.46. The Morgan fingerprint density at radius 1 is 1.52 bits per heavy atom. The van der Waals surface area contributed by atoms with E-state index in [2.05, 4.69) is 25.5 Å². The monoisotopic (exact) mass is 365 g/mol. The van der Waals surface area contributed by atoms with Crippen molar-refractivity contribution in [1.82, 2.24) is 25.5 Å². The molecule has 8 nitrogen and oxygen atoms in total.